The number of aryl methyl sites for hydroxylation is 1. The zero-order valence-electron chi connectivity index (χ0n) is 11.0. The van der Waals surface area contributed by atoms with Crippen molar-refractivity contribution in [2.45, 2.75) is 13.8 Å². The van der Waals surface area contributed by atoms with E-state index in [2.05, 4.69) is 31.9 Å². The van der Waals surface area contributed by atoms with E-state index in [4.69, 9.17) is 0 Å². The van der Waals surface area contributed by atoms with Crippen LogP contribution in [0.4, 0.5) is 5.69 Å². The Bertz CT molecular complexity index is 635. The van der Waals surface area contributed by atoms with E-state index < -0.39 is 0 Å². The number of phenols is 1. The van der Waals surface area contributed by atoms with Gasteiger partial charge in [0.2, 0.25) is 0 Å². The summed E-state index contributed by atoms with van der Waals surface area (Å²) in [5, 5.41) is 9.63. The van der Waals surface area contributed by atoms with Gasteiger partial charge in [0.05, 0.1) is 14.4 Å². The Hall–Kier alpha value is -0.850. The van der Waals surface area contributed by atoms with E-state index in [9.17, 15) is 9.90 Å². The third kappa shape index (κ3) is 3.07. The molecule has 20 heavy (non-hydrogen) atoms. The number of carbonyl (C=O) groups is 1. The highest BCUT2D eigenvalue weighted by atomic mass is 79.9. The van der Waals surface area contributed by atoms with Crippen molar-refractivity contribution in [3.05, 3.63) is 43.0 Å². The maximum absolute atomic E-state index is 12.6. The Morgan fingerprint density at radius 2 is 2.05 bits per heavy atom. The predicted molar refractivity (Wildman–Crippen MR) is 89.9 cm³/mol. The summed E-state index contributed by atoms with van der Waals surface area (Å²) in [6.45, 7) is 4.38. The summed E-state index contributed by atoms with van der Waals surface area (Å²) < 4.78 is 1.76. The molecule has 0 bridgehead atoms. The van der Waals surface area contributed by atoms with Gasteiger partial charge in [0, 0.05) is 17.1 Å². The van der Waals surface area contributed by atoms with Gasteiger partial charge in [-0.1, -0.05) is 6.07 Å². The first-order valence-corrected chi connectivity index (χ1v) is 8.40. The number of hydrogen-bond acceptors (Lipinski definition) is 3. The number of carbonyl (C=O) groups excluding carboxylic acids is 1. The third-order valence-corrected chi connectivity index (χ3v) is 6.15. The fourth-order valence-electron chi connectivity index (χ4n) is 1.90. The van der Waals surface area contributed by atoms with Crippen LogP contribution in [0.2, 0.25) is 0 Å². The highest BCUT2D eigenvalue weighted by Gasteiger charge is 2.21. The van der Waals surface area contributed by atoms with Gasteiger partial charge in [-0.15, -0.1) is 11.3 Å². The van der Waals surface area contributed by atoms with Crippen LogP contribution < -0.4 is 4.90 Å². The van der Waals surface area contributed by atoms with Crippen molar-refractivity contribution < 1.29 is 9.90 Å². The molecule has 2 aromatic rings. The van der Waals surface area contributed by atoms with E-state index in [0.29, 0.717) is 11.4 Å². The second-order valence-corrected chi connectivity index (χ2v) is 7.48. The van der Waals surface area contributed by atoms with Crippen LogP contribution in [-0.4, -0.2) is 17.6 Å². The van der Waals surface area contributed by atoms with Crippen molar-refractivity contribution in [1.29, 1.82) is 0 Å². The average molecular weight is 419 g/mol. The SMILES string of the molecule is CCN(C(=O)c1cc(Br)c(Br)s1)c1cc(O)ccc1C. The van der Waals surface area contributed by atoms with Crippen molar-refractivity contribution in [1.82, 2.24) is 0 Å². The van der Waals surface area contributed by atoms with Gasteiger partial charge >= 0.3 is 0 Å². The Labute approximate surface area is 138 Å². The predicted octanol–water partition coefficient (Wildman–Crippen LogP) is 4.95. The van der Waals surface area contributed by atoms with Gasteiger partial charge in [-0.3, -0.25) is 4.79 Å². The lowest BCUT2D eigenvalue weighted by molar-refractivity contribution is 0.0992. The van der Waals surface area contributed by atoms with Gasteiger partial charge < -0.3 is 10.0 Å². The summed E-state index contributed by atoms with van der Waals surface area (Å²) in [5.74, 6) is 0.0861. The van der Waals surface area contributed by atoms with Gasteiger partial charge in [-0.25, -0.2) is 0 Å². The molecule has 106 valence electrons. The standard InChI is InChI=1S/C14H13Br2NO2S/c1-3-17(11-6-9(18)5-4-8(11)2)14(19)12-7-10(15)13(16)20-12/h4-7,18H,3H2,1-2H3. The van der Waals surface area contributed by atoms with E-state index in [0.717, 1.165) is 19.5 Å². The molecule has 0 atom stereocenters. The normalized spacial score (nSPS) is 10.6. The minimum absolute atomic E-state index is 0.0717. The van der Waals surface area contributed by atoms with Crippen LogP contribution in [0.3, 0.4) is 0 Å². The summed E-state index contributed by atoms with van der Waals surface area (Å²) in [6, 6.07) is 6.85. The highest BCUT2D eigenvalue weighted by molar-refractivity contribution is 9.13. The zero-order chi connectivity index (χ0) is 14.9. The number of thiophene rings is 1. The largest absolute Gasteiger partial charge is 0.508 e. The van der Waals surface area contributed by atoms with E-state index in [1.54, 1.807) is 29.2 Å². The molecule has 0 spiro atoms. The minimum Gasteiger partial charge on any atom is -0.508 e. The average Bonchev–Trinajstić information content (AvgIpc) is 2.74. The van der Waals surface area contributed by atoms with Crippen LogP contribution >= 0.6 is 43.2 Å². The molecular weight excluding hydrogens is 406 g/mol. The molecule has 1 aromatic carbocycles. The molecule has 2 rings (SSSR count). The number of benzene rings is 1. The molecule has 0 saturated heterocycles. The molecule has 0 aliphatic heterocycles. The van der Waals surface area contributed by atoms with E-state index in [1.165, 1.54) is 11.3 Å². The molecule has 1 aromatic heterocycles. The molecular formula is C14H13Br2NO2S. The molecule has 1 amide bonds. The molecule has 0 saturated carbocycles. The van der Waals surface area contributed by atoms with Gasteiger partial charge in [-0.2, -0.15) is 0 Å². The summed E-state index contributed by atoms with van der Waals surface area (Å²) in [6.07, 6.45) is 0. The van der Waals surface area contributed by atoms with E-state index in [1.807, 2.05) is 13.8 Å². The molecule has 0 unspecified atom stereocenters. The molecule has 0 aliphatic carbocycles. The smallest absolute Gasteiger partial charge is 0.268 e. The van der Waals surface area contributed by atoms with Gasteiger partial charge in [0.25, 0.3) is 5.91 Å². The summed E-state index contributed by atoms with van der Waals surface area (Å²) in [4.78, 5) is 14.9. The second-order valence-electron chi connectivity index (χ2n) is 4.25. The van der Waals surface area contributed by atoms with Crippen molar-refractivity contribution in [3.63, 3.8) is 0 Å². The summed E-state index contributed by atoms with van der Waals surface area (Å²) in [5.41, 5.74) is 1.69. The fourth-order valence-corrected chi connectivity index (χ4v) is 3.88. The first-order chi connectivity index (χ1) is 9.43. The lowest BCUT2D eigenvalue weighted by atomic mass is 10.1. The maximum Gasteiger partial charge on any atom is 0.268 e. The molecule has 6 heteroatoms. The Balaban J connectivity index is 2.41. The van der Waals surface area contributed by atoms with Gasteiger partial charge in [-0.05, 0) is 63.4 Å². The fraction of sp³-hybridized carbons (Fsp3) is 0.214. The number of halogens is 2. The molecule has 0 aliphatic rings. The summed E-state index contributed by atoms with van der Waals surface area (Å²) >= 11 is 8.18. The molecule has 0 radical (unpaired) electrons. The van der Waals surface area contributed by atoms with Gasteiger partial charge in [0.15, 0.2) is 0 Å². The number of hydrogen-bond donors (Lipinski definition) is 1. The van der Waals surface area contributed by atoms with Crippen LogP contribution in [0, 0.1) is 6.92 Å². The first-order valence-electron chi connectivity index (χ1n) is 6.00. The molecule has 0 fully saturated rings. The number of aromatic hydroxyl groups is 1. The quantitative estimate of drug-likeness (QED) is 0.765. The molecule has 1 N–H and O–H groups in total. The lowest BCUT2D eigenvalue weighted by Crippen LogP contribution is -2.30. The number of nitrogens with zero attached hydrogens (tertiary/aromatic N) is 1. The Morgan fingerprint density at radius 1 is 1.35 bits per heavy atom. The minimum atomic E-state index is -0.0717. The lowest BCUT2D eigenvalue weighted by Gasteiger charge is -2.22. The van der Waals surface area contributed by atoms with Gasteiger partial charge in [0.1, 0.15) is 5.75 Å². The monoisotopic (exact) mass is 417 g/mol. The summed E-state index contributed by atoms with van der Waals surface area (Å²) in [7, 11) is 0. The van der Waals surface area contributed by atoms with Crippen LogP contribution in [-0.2, 0) is 0 Å². The Morgan fingerprint density at radius 3 is 2.60 bits per heavy atom. The third-order valence-electron chi connectivity index (χ3n) is 2.90. The van der Waals surface area contributed by atoms with E-state index in [-0.39, 0.29) is 11.7 Å². The highest BCUT2D eigenvalue weighted by Crippen LogP contribution is 2.34. The van der Waals surface area contributed by atoms with Crippen molar-refractivity contribution in [3.8, 4) is 5.75 Å². The number of anilines is 1. The number of phenolic OH excluding ortho intramolecular Hbond substituents is 1. The van der Waals surface area contributed by atoms with Crippen LogP contribution in [0.25, 0.3) is 0 Å². The van der Waals surface area contributed by atoms with Crippen LogP contribution in [0.15, 0.2) is 32.5 Å². The van der Waals surface area contributed by atoms with Crippen molar-refractivity contribution >= 4 is 54.8 Å². The molecule has 3 nitrogen and oxygen atoms in total. The van der Waals surface area contributed by atoms with Crippen molar-refractivity contribution in [2.75, 3.05) is 11.4 Å². The van der Waals surface area contributed by atoms with E-state index >= 15 is 0 Å². The maximum atomic E-state index is 12.6. The Kier molecular flexibility index (Phi) is 4.88. The van der Waals surface area contributed by atoms with Crippen molar-refractivity contribution in [2.24, 2.45) is 0 Å². The zero-order valence-corrected chi connectivity index (χ0v) is 15.0. The molecule has 1 heterocycles. The van der Waals surface area contributed by atoms with Crippen LogP contribution in [0.5, 0.6) is 5.75 Å². The second kappa shape index (κ2) is 6.28. The topological polar surface area (TPSA) is 40.5 Å². The van der Waals surface area contributed by atoms with Crippen LogP contribution in [0.1, 0.15) is 22.2 Å². The first kappa shape index (κ1) is 15.5. The number of amides is 1. The number of rotatable bonds is 3.